The van der Waals surface area contributed by atoms with Crippen molar-refractivity contribution in [1.29, 1.82) is 5.26 Å². The smallest absolute Gasteiger partial charge is 0.237 e. The van der Waals surface area contributed by atoms with Crippen molar-refractivity contribution >= 4 is 5.91 Å². The fourth-order valence-corrected chi connectivity index (χ4v) is 2.69. The molecule has 2 N–H and O–H groups in total. The Morgan fingerprint density at radius 3 is 2.67 bits per heavy atom. The van der Waals surface area contributed by atoms with Crippen molar-refractivity contribution in [2.24, 2.45) is 17.8 Å². The molecule has 0 aromatic rings. The monoisotopic (exact) mass is 252 g/mol. The molecule has 0 heterocycles. The Morgan fingerprint density at radius 1 is 1.44 bits per heavy atom. The molecule has 3 atom stereocenters. The van der Waals surface area contributed by atoms with Gasteiger partial charge >= 0.3 is 0 Å². The summed E-state index contributed by atoms with van der Waals surface area (Å²) >= 11 is 0. The maximum absolute atomic E-state index is 11.8. The van der Waals surface area contributed by atoms with Crippen LogP contribution in [0, 0.1) is 29.1 Å². The first-order chi connectivity index (χ1) is 8.72. The maximum Gasteiger partial charge on any atom is 0.237 e. The van der Waals surface area contributed by atoms with Crippen LogP contribution in [0.3, 0.4) is 0 Å². The molecule has 4 heteroatoms. The highest BCUT2D eigenvalue weighted by Crippen LogP contribution is 2.29. The summed E-state index contributed by atoms with van der Waals surface area (Å²) in [6.45, 7) is 2.78. The second-order valence-electron chi connectivity index (χ2n) is 5.20. The van der Waals surface area contributed by atoms with Gasteiger partial charge < -0.3 is 10.4 Å². The highest BCUT2D eigenvalue weighted by molar-refractivity contribution is 5.80. The first-order valence-electron chi connectivity index (χ1n) is 7.01. The summed E-state index contributed by atoms with van der Waals surface area (Å²) < 4.78 is 0. The first-order valence-corrected chi connectivity index (χ1v) is 7.01. The number of amides is 1. The van der Waals surface area contributed by atoms with Gasteiger partial charge in [-0.3, -0.25) is 4.79 Å². The minimum absolute atomic E-state index is 0.151. The number of hydrogen-bond donors (Lipinski definition) is 2. The van der Waals surface area contributed by atoms with Crippen molar-refractivity contribution in [3.8, 4) is 6.07 Å². The average Bonchev–Trinajstić information content (AvgIpc) is 2.42. The maximum atomic E-state index is 11.8. The first kappa shape index (κ1) is 15.0. The summed E-state index contributed by atoms with van der Waals surface area (Å²) in [5.74, 6) is 0.00668. The molecule has 1 amide bonds. The number of rotatable bonds is 6. The van der Waals surface area contributed by atoms with Crippen molar-refractivity contribution in [1.82, 2.24) is 5.32 Å². The van der Waals surface area contributed by atoms with Gasteiger partial charge in [-0.2, -0.15) is 5.26 Å². The number of nitriles is 1. The van der Waals surface area contributed by atoms with Crippen LogP contribution in [-0.4, -0.2) is 24.2 Å². The van der Waals surface area contributed by atoms with Gasteiger partial charge in [0, 0.05) is 13.2 Å². The lowest BCUT2D eigenvalue weighted by atomic mass is 9.79. The molecule has 3 unspecified atom stereocenters. The van der Waals surface area contributed by atoms with Crippen molar-refractivity contribution in [3.05, 3.63) is 0 Å². The van der Waals surface area contributed by atoms with Gasteiger partial charge in [0.2, 0.25) is 5.91 Å². The molecule has 0 saturated heterocycles. The Labute approximate surface area is 109 Å². The van der Waals surface area contributed by atoms with E-state index in [-0.39, 0.29) is 12.5 Å². The molecule has 1 saturated carbocycles. The molecule has 18 heavy (non-hydrogen) atoms. The lowest BCUT2D eigenvalue weighted by Crippen LogP contribution is -2.38. The van der Waals surface area contributed by atoms with E-state index in [0.29, 0.717) is 24.8 Å². The molecule has 1 rings (SSSR count). The number of aliphatic hydroxyl groups excluding tert-OH is 1. The Balaban J connectivity index is 2.38. The van der Waals surface area contributed by atoms with Gasteiger partial charge in [-0.1, -0.05) is 26.2 Å². The lowest BCUT2D eigenvalue weighted by Gasteiger charge is -2.30. The third kappa shape index (κ3) is 4.30. The van der Waals surface area contributed by atoms with Crippen LogP contribution in [0.5, 0.6) is 0 Å². The summed E-state index contributed by atoms with van der Waals surface area (Å²) in [6.07, 6.45) is 5.93. The van der Waals surface area contributed by atoms with E-state index >= 15 is 0 Å². The fraction of sp³-hybridized carbons (Fsp3) is 0.857. The summed E-state index contributed by atoms with van der Waals surface area (Å²) in [5.41, 5.74) is 0. The molecule has 1 aliphatic carbocycles. The average molecular weight is 252 g/mol. The second-order valence-corrected chi connectivity index (χ2v) is 5.20. The molecule has 0 spiro atoms. The SMILES string of the molecule is CCCC(C#N)C(=O)NCC1CCCCC1CO. The van der Waals surface area contributed by atoms with Crippen LogP contribution < -0.4 is 5.32 Å². The van der Waals surface area contributed by atoms with Crippen LogP contribution in [0.2, 0.25) is 0 Å². The van der Waals surface area contributed by atoms with Gasteiger partial charge in [0.25, 0.3) is 0 Å². The quantitative estimate of drug-likeness (QED) is 0.757. The van der Waals surface area contributed by atoms with Gasteiger partial charge in [-0.25, -0.2) is 0 Å². The van der Waals surface area contributed by atoms with Crippen molar-refractivity contribution in [2.75, 3.05) is 13.2 Å². The van der Waals surface area contributed by atoms with Crippen LogP contribution in [0.4, 0.5) is 0 Å². The lowest BCUT2D eigenvalue weighted by molar-refractivity contribution is -0.123. The number of carbonyl (C=O) groups is 1. The zero-order valence-electron chi connectivity index (χ0n) is 11.2. The zero-order valence-corrected chi connectivity index (χ0v) is 11.2. The van der Waals surface area contributed by atoms with E-state index < -0.39 is 5.92 Å². The molecule has 0 bridgehead atoms. The fourth-order valence-electron chi connectivity index (χ4n) is 2.69. The Morgan fingerprint density at radius 2 is 2.11 bits per heavy atom. The molecule has 1 aliphatic rings. The normalized spacial score (nSPS) is 25.2. The Hall–Kier alpha value is -1.08. The third-order valence-electron chi connectivity index (χ3n) is 3.89. The van der Waals surface area contributed by atoms with E-state index in [1.54, 1.807) is 0 Å². The van der Waals surface area contributed by atoms with Gasteiger partial charge in [0.15, 0.2) is 0 Å². The van der Waals surface area contributed by atoms with E-state index in [2.05, 4.69) is 11.4 Å². The summed E-state index contributed by atoms with van der Waals surface area (Å²) in [4.78, 5) is 11.8. The predicted molar refractivity (Wildman–Crippen MR) is 69.6 cm³/mol. The van der Waals surface area contributed by atoms with E-state index in [4.69, 9.17) is 5.26 Å². The van der Waals surface area contributed by atoms with Gasteiger partial charge in [0.05, 0.1) is 6.07 Å². The molecule has 0 aliphatic heterocycles. The Bertz CT molecular complexity index is 299. The number of carbonyl (C=O) groups excluding carboxylic acids is 1. The molecule has 0 radical (unpaired) electrons. The molecule has 4 nitrogen and oxygen atoms in total. The topological polar surface area (TPSA) is 73.1 Å². The predicted octanol–water partition coefficient (Wildman–Crippen LogP) is 1.84. The molecule has 1 fully saturated rings. The number of aliphatic hydroxyl groups is 1. The second kappa shape index (κ2) is 8.10. The standard InChI is InChI=1S/C14H24N2O2/c1-2-5-11(8-15)14(18)16-9-12-6-3-4-7-13(12)10-17/h11-13,17H,2-7,9-10H2,1H3,(H,16,18). The minimum atomic E-state index is -0.522. The molecule has 0 aromatic heterocycles. The minimum Gasteiger partial charge on any atom is -0.396 e. The molecular weight excluding hydrogens is 228 g/mol. The van der Waals surface area contributed by atoms with E-state index in [9.17, 15) is 9.90 Å². The largest absolute Gasteiger partial charge is 0.396 e. The van der Waals surface area contributed by atoms with Crippen LogP contribution in [0.15, 0.2) is 0 Å². The van der Waals surface area contributed by atoms with Gasteiger partial charge in [0.1, 0.15) is 5.92 Å². The summed E-state index contributed by atoms with van der Waals surface area (Å²) in [5, 5.41) is 21.1. The number of nitrogens with zero attached hydrogens (tertiary/aromatic N) is 1. The van der Waals surface area contributed by atoms with Crippen LogP contribution in [-0.2, 0) is 4.79 Å². The molecule has 0 aromatic carbocycles. The van der Waals surface area contributed by atoms with Crippen molar-refractivity contribution < 1.29 is 9.90 Å². The number of hydrogen-bond acceptors (Lipinski definition) is 3. The van der Waals surface area contributed by atoms with Crippen molar-refractivity contribution in [2.45, 2.75) is 45.4 Å². The van der Waals surface area contributed by atoms with E-state index in [1.807, 2.05) is 6.92 Å². The van der Waals surface area contributed by atoms with Gasteiger partial charge in [-0.15, -0.1) is 0 Å². The third-order valence-corrected chi connectivity index (χ3v) is 3.89. The van der Waals surface area contributed by atoms with Gasteiger partial charge in [-0.05, 0) is 31.1 Å². The summed E-state index contributed by atoms with van der Waals surface area (Å²) in [6, 6.07) is 2.05. The zero-order chi connectivity index (χ0) is 13.4. The molecular formula is C14H24N2O2. The van der Waals surface area contributed by atoms with Crippen molar-refractivity contribution in [3.63, 3.8) is 0 Å². The molecule has 102 valence electrons. The van der Waals surface area contributed by atoms with E-state index in [1.165, 1.54) is 12.8 Å². The van der Waals surface area contributed by atoms with Crippen LogP contribution in [0.25, 0.3) is 0 Å². The van der Waals surface area contributed by atoms with Crippen LogP contribution in [0.1, 0.15) is 45.4 Å². The highest BCUT2D eigenvalue weighted by Gasteiger charge is 2.25. The highest BCUT2D eigenvalue weighted by atomic mass is 16.3. The Kier molecular flexibility index (Phi) is 6.74. The van der Waals surface area contributed by atoms with E-state index in [0.717, 1.165) is 19.3 Å². The number of nitrogens with one attached hydrogen (secondary N) is 1. The van der Waals surface area contributed by atoms with Crippen LogP contribution >= 0.6 is 0 Å². The summed E-state index contributed by atoms with van der Waals surface area (Å²) in [7, 11) is 0.